The molecule has 0 aliphatic rings. The van der Waals surface area contributed by atoms with Gasteiger partial charge < -0.3 is 14.0 Å². The Morgan fingerprint density at radius 1 is 1.08 bits per heavy atom. The fraction of sp³-hybridized carbons (Fsp3) is 0.263. The minimum Gasteiger partial charge on any atom is -0.497 e. The lowest BCUT2D eigenvalue weighted by Crippen LogP contribution is -2.10. The van der Waals surface area contributed by atoms with E-state index in [1.807, 2.05) is 67.1 Å². The average Bonchev–Trinajstić information content (AvgIpc) is 3.02. The monoisotopic (exact) mass is 389 g/mol. The van der Waals surface area contributed by atoms with E-state index in [1.165, 1.54) is 0 Å². The Kier molecular flexibility index (Phi) is 6.06. The van der Waals surface area contributed by atoms with Crippen LogP contribution in [-0.4, -0.2) is 21.9 Å². The molecular formula is C19H20ClN3O2S. The molecular weight excluding hydrogens is 370 g/mol. The molecule has 0 bridgehead atoms. The smallest absolute Gasteiger partial charge is 0.191 e. The van der Waals surface area contributed by atoms with Crippen molar-refractivity contribution in [2.24, 2.45) is 7.05 Å². The van der Waals surface area contributed by atoms with Gasteiger partial charge in [-0.15, -0.1) is 10.2 Å². The number of halogens is 1. The van der Waals surface area contributed by atoms with Gasteiger partial charge in [-0.3, -0.25) is 0 Å². The third-order valence-corrected chi connectivity index (χ3v) is 5.36. The lowest BCUT2D eigenvalue weighted by atomic mass is 10.2. The largest absolute Gasteiger partial charge is 0.497 e. The Hall–Kier alpha value is -2.18. The van der Waals surface area contributed by atoms with Crippen molar-refractivity contribution >= 4 is 23.4 Å². The zero-order valence-corrected chi connectivity index (χ0v) is 16.4. The summed E-state index contributed by atoms with van der Waals surface area (Å²) in [6.07, 6.45) is -0.226. The van der Waals surface area contributed by atoms with Gasteiger partial charge in [-0.1, -0.05) is 41.6 Å². The Morgan fingerprint density at radius 3 is 2.46 bits per heavy atom. The number of nitrogens with zero attached hydrogens (tertiary/aromatic N) is 3. The first-order chi connectivity index (χ1) is 12.6. The maximum Gasteiger partial charge on any atom is 0.191 e. The van der Waals surface area contributed by atoms with Crippen LogP contribution in [0.1, 0.15) is 24.4 Å². The number of hydrogen-bond acceptors (Lipinski definition) is 5. The molecule has 0 amide bonds. The van der Waals surface area contributed by atoms with Crippen molar-refractivity contribution in [3.8, 4) is 11.5 Å². The summed E-state index contributed by atoms with van der Waals surface area (Å²) in [6, 6.07) is 15.3. The van der Waals surface area contributed by atoms with Crippen LogP contribution >= 0.6 is 23.4 Å². The van der Waals surface area contributed by atoms with Gasteiger partial charge in [0.15, 0.2) is 17.1 Å². The molecule has 0 aliphatic carbocycles. The van der Waals surface area contributed by atoms with Gasteiger partial charge in [-0.25, -0.2) is 0 Å². The van der Waals surface area contributed by atoms with Crippen LogP contribution in [0.4, 0.5) is 0 Å². The summed E-state index contributed by atoms with van der Waals surface area (Å²) in [7, 11) is 3.58. The molecule has 5 nitrogen and oxygen atoms in total. The summed E-state index contributed by atoms with van der Waals surface area (Å²) < 4.78 is 13.1. The molecule has 26 heavy (non-hydrogen) atoms. The van der Waals surface area contributed by atoms with E-state index in [0.29, 0.717) is 0 Å². The summed E-state index contributed by atoms with van der Waals surface area (Å²) in [5.74, 6) is 3.05. The van der Waals surface area contributed by atoms with Crippen molar-refractivity contribution in [1.29, 1.82) is 0 Å². The molecule has 7 heteroatoms. The summed E-state index contributed by atoms with van der Waals surface area (Å²) in [4.78, 5) is 0. The quantitative estimate of drug-likeness (QED) is 0.537. The van der Waals surface area contributed by atoms with Crippen molar-refractivity contribution in [2.45, 2.75) is 23.9 Å². The molecule has 136 valence electrons. The fourth-order valence-corrected chi connectivity index (χ4v) is 3.68. The lowest BCUT2D eigenvalue weighted by molar-refractivity contribution is 0.211. The van der Waals surface area contributed by atoms with Crippen LogP contribution in [0.3, 0.4) is 0 Å². The number of thioether (sulfide) groups is 1. The second kappa shape index (κ2) is 8.47. The zero-order chi connectivity index (χ0) is 18.5. The van der Waals surface area contributed by atoms with E-state index in [9.17, 15) is 0 Å². The van der Waals surface area contributed by atoms with Crippen LogP contribution in [0.5, 0.6) is 11.5 Å². The predicted molar refractivity (Wildman–Crippen MR) is 104 cm³/mol. The van der Waals surface area contributed by atoms with E-state index < -0.39 is 0 Å². The summed E-state index contributed by atoms with van der Waals surface area (Å²) in [6.45, 7) is 1.96. The van der Waals surface area contributed by atoms with E-state index in [2.05, 4.69) is 10.2 Å². The average molecular weight is 390 g/mol. The second-order valence-corrected chi connectivity index (χ2v) is 7.07. The number of aromatic nitrogens is 3. The molecule has 1 aromatic heterocycles. The van der Waals surface area contributed by atoms with Crippen LogP contribution in [-0.2, 0) is 12.8 Å². The molecule has 0 N–H and O–H groups in total. The first kappa shape index (κ1) is 18.6. The van der Waals surface area contributed by atoms with E-state index in [0.717, 1.165) is 38.8 Å². The Labute approximate surface area is 162 Å². The minimum absolute atomic E-state index is 0.226. The third-order valence-electron chi connectivity index (χ3n) is 3.92. The summed E-state index contributed by atoms with van der Waals surface area (Å²) in [5, 5.41) is 10.2. The van der Waals surface area contributed by atoms with Crippen molar-refractivity contribution in [1.82, 2.24) is 14.8 Å². The van der Waals surface area contributed by atoms with Crippen LogP contribution in [0.2, 0.25) is 5.02 Å². The molecule has 2 aromatic carbocycles. The predicted octanol–water partition coefficient (Wildman–Crippen LogP) is 4.91. The van der Waals surface area contributed by atoms with Crippen LogP contribution < -0.4 is 9.47 Å². The SMILES string of the molecule is COc1ccc(OC(C)c2nnc(SCc3ccccc3Cl)n2C)cc1. The van der Waals surface area contributed by atoms with Crippen molar-refractivity contribution in [2.75, 3.05) is 7.11 Å². The number of benzene rings is 2. The Morgan fingerprint density at radius 2 is 1.77 bits per heavy atom. The Balaban J connectivity index is 1.66. The normalized spacial score (nSPS) is 12.0. The number of ether oxygens (including phenoxy) is 2. The van der Waals surface area contributed by atoms with E-state index in [4.69, 9.17) is 21.1 Å². The van der Waals surface area contributed by atoms with Crippen molar-refractivity contribution in [3.05, 3.63) is 64.9 Å². The summed E-state index contributed by atoms with van der Waals surface area (Å²) in [5.41, 5.74) is 1.08. The first-order valence-electron chi connectivity index (χ1n) is 8.14. The van der Waals surface area contributed by atoms with Crippen LogP contribution in [0, 0.1) is 0 Å². The highest BCUT2D eigenvalue weighted by molar-refractivity contribution is 7.98. The number of rotatable bonds is 7. The topological polar surface area (TPSA) is 49.2 Å². The molecule has 3 aromatic rings. The third kappa shape index (κ3) is 4.31. The molecule has 0 fully saturated rings. The zero-order valence-electron chi connectivity index (χ0n) is 14.8. The second-order valence-electron chi connectivity index (χ2n) is 5.72. The van der Waals surface area contributed by atoms with E-state index in [1.54, 1.807) is 18.9 Å². The first-order valence-corrected chi connectivity index (χ1v) is 9.51. The van der Waals surface area contributed by atoms with Crippen LogP contribution in [0.15, 0.2) is 53.7 Å². The highest BCUT2D eigenvalue weighted by Crippen LogP contribution is 2.28. The molecule has 0 spiro atoms. The van der Waals surface area contributed by atoms with Crippen molar-refractivity contribution in [3.63, 3.8) is 0 Å². The maximum absolute atomic E-state index is 6.21. The number of hydrogen-bond donors (Lipinski definition) is 0. The maximum atomic E-state index is 6.21. The molecule has 0 saturated carbocycles. The molecule has 1 unspecified atom stereocenters. The fourth-order valence-electron chi connectivity index (χ4n) is 2.47. The summed E-state index contributed by atoms with van der Waals surface area (Å²) >= 11 is 7.81. The molecule has 1 atom stereocenters. The van der Waals surface area contributed by atoms with Crippen LogP contribution in [0.25, 0.3) is 0 Å². The standard InChI is InChI=1S/C19H20ClN3O2S/c1-13(25-16-10-8-15(24-3)9-11-16)18-21-22-19(23(18)2)26-12-14-6-4-5-7-17(14)20/h4-11,13H,12H2,1-3H3. The van der Waals surface area contributed by atoms with E-state index in [-0.39, 0.29) is 6.10 Å². The van der Waals surface area contributed by atoms with Gasteiger partial charge in [0.05, 0.1) is 7.11 Å². The lowest BCUT2D eigenvalue weighted by Gasteiger charge is -2.14. The van der Waals surface area contributed by atoms with Gasteiger partial charge in [-0.2, -0.15) is 0 Å². The van der Waals surface area contributed by atoms with Gasteiger partial charge in [0.2, 0.25) is 0 Å². The van der Waals surface area contributed by atoms with Gasteiger partial charge in [0, 0.05) is 17.8 Å². The van der Waals surface area contributed by atoms with E-state index >= 15 is 0 Å². The molecule has 0 aliphatic heterocycles. The highest BCUT2D eigenvalue weighted by atomic mass is 35.5. The number of methoxy groups -OCH3 is 1. The highest BCUT2D eigenvalue weighted by Gasteiger charge is 2.17. The minimum atomic E-state index is -0.226. The molecule has 0 radical (unpaired) electrons. The molecule has 1 heterocycles. The van der Waals surface area contributed by atoms with Crippen molar-refractivity contribution < 1.29 is 9.47 Å². The van der Waals surface area contributed by atoms with Gasteiger partial charge >= 0.3 is 0 Å². The molecule has 0 saturated heterocycles. The Bertz CT molecular complexity index is 867. The molecule has 3 rings (SSSR count). The van der Waals surface area contributed by atoms with Gasteiger partial charge in [-0.05, 0) is 42.8 Å². The van der Waals surface area contributed by atoms with Gasteiger partial charge in [0.25, 0.3) is 0 Å². The van der Waals surface area contributed by atoms with Gasteiger partial charge in [0.1, 0.15) is 11.5 Å².